The third-order valence-corrected chi connectivity index (χ3v) is 10.2. The Balaban J connectivity index is 1.01. The maximum absolute atomic E-state index is 6.05. The summed E-state index contributed by atoms with van der Waals surface area (Å²) in [5, 5.41) is 2.26. The van der Waals surface area contributed by atoms with Crippen molar-refractivity contribution in [2.75, 3.05) is 0 Å². The van der Waals surface area contributed by atoms with Crippen LogP contribution in [0, 0.1) is 0 Å². The van der Waals surface area contributed by atoms with Gasteiger partial charge < -0.3 is 4.42 Å². The van der Waals surface area contributed by atoms with Crippen molar-refractivity contribution in [2.45, 2.75) is 0 Å². The lowest BCUT2D eigenvalue weighted by molar-refractivity contribution is 0.669. The van der Waals surface area contributed by atoms with Gasteiger partial charge >= 0.3 is 0 Å². The van der Waals surface area contributed by atoms with Crippen LogP contribution < -0.4 is 0 Å². The SMILES string of the molecule is c1ccc(-c2cccc(-c3nc(-c4ccc(-c5ccc(-c6ccc7oc8ccccc8c7c6)cc5)cc4)nc(-c4ccccc4-c4ccccc4)n3)c2)cc1. The minimum absolute atomic E-state index is 0.622. The van der Waals surface area contributed by atoms with Gasteiger partial charge in [-0.25, -0.2) is 15.0 Å². The van der Waals surface area contributed by atoms with Gasteiger partial charge in [-0.3, -0.25) is 0 Å². The summed E-state index contributed by atoms with van der Waals surface area (Å²) in [7, 11) is 0. The fraction of sp³-hybridized carbons (Fsp3) is 0. The van der Waals surface area contributed by atoms with E-state index in [1.165, 1.54) is 0 Å². The van der Waals surface area contributed by atoms with Gasteiger partial charge in [-0.05, 0) is 68.8 Å². The Kier molecular flexibility index (Phi) is 8.12. The molecule has 0 radical (unpaired) electrons. The lowest BCUT2D eigenvalue weighted by Gasteiger charge is -2.13. The van der Waals surface area contributed by atoms with Crippen LogP contribution in [0.25, 0.3) is 101 Å². The Bertz CT molecular complexity index is 2950. The Morgan fingerprint density at radius 2 is 0.709 bits per heavy atom. The second-order valence-electron chi connectivity index (χ2n) is 13.6. The number of nitrogens with zero attached hydrogens (tertiary/aromatic N) is 3. The van der Waals surface area contributed by atoms with Crippen molar-refractivity contribution in [3.05, 3.63) is 200 Å². The fourth-order valence-corrected chi connectivity index (χ4v) is 7.34. The number of fused-ring (bicyclic) bond motifs is 3. The summed E-state index contributed by atoms with van der Waals surface area (Å²) in [5.41, 5.74) is 13.6. The molecule has 0 aliphatic heterocycles. The van der Waals surface area contributed by atoms with Crippen molar-refractivity contribution < 1.29 is 4.42 Å². The smallest absolute Gasteiger partial charge is 0.164 e. The molecule has 8 aromatic carbocycles. The summed E-state index contributed by atoms with van der Waals surface area (Å²) in [4.78, 5) is 15.3. The Morgan fingerprint density at radius 3 is 1.44 bits per heavy atom. The van der Waals surface area contributed by atoms with Gasteiger partial charge in [-0.1, -0.05) is 176 Å². The first-order chi connectivity index (χ1) is 27.2. The molecule has 0 saturated heterocycles. The van der Waals surface area contributed by atoms with Crippen LogP contribution in [0.2, 0.25) is 0 Å². The predicted molar refractivity (Wildman–Crippen MR) is 225 cm³/mol. The quantitative estimate of drug-likeness (QED) is 0.166. The van der Waals surface area contributed by atoms with Gasteiger partial charge in [0.2, 0.25) is 0 Å². The van der Waals surface area contributed by atoms with E-state index in [2.05, 4.69) is 170 Å². The Hall–Kier alpha value is -7.43. The summed E-state index contributed by atoms with van der Waals surface area (Å²) in [5.74, 6) is 1.88. The van der Waals surface area contributed by atoms with Crippen LogP contribution >= 0.6 is 0 Å². The number of furan rings is 1. The molecule has 0 saturated carbocycles. The van der Waals surface area contributed by atoms with Crippen LogP contribution in [0.1, 0.15) is 0 Å². The molecule has 4 heteroatoms. The second-order valence-corrected chi connectivity index (χ2v) is 13.6. The number of hydrogen-bond acceptors (Lipinski definition) is 4. The van der Waals surface area contributed by atoms with Gasteiger partial charge in [-0.15, -0.1) is 0 Å². The van der Waals surface area contributed by atoms with Crippen molar-refractivity contribution in [1.82, 2.24) is 15.0 Å². The molecule has 4 nitrogen and oxygen atoms in total. The molecule has 0 fully saturated rings. The fourth-order valence-electron chi connectivity index (χ4n) is 7.34. The topological polar surface area (TPSA) is 51.8 Å². The normalized spacial score (nSPS) is 11.3. The molecule has 0 bridgehead atoms. The molecule has 0 N–H and O–H groups in total. The van der Waals surface area contributed by atoms with Gasteiger partial charge in [0, 0.05) is 27.5 Å². The highest BCUT2D eigenvalue weighted by Crippen LogP contribution is 2.35. The zero-order chi connectivity index (χ0) is 36.6. The van der Waals surface area contributed by atoms with Crippen LogP contribution in [0.4, 0.5) is 0 Å². The number of hydrogen-bond donors (Lipinski definition) is 0. The van der Waals surface area contributed by atoms with Gasteiger partial charge in [0.25, 0.3) is 0 Å². The maximum Gasteiger partial charge on any atom is 0.164 e. The monoisotopic (exact) mass is 703 g/mol. The Labute approximate surface area is 319 Å². The third kappa shape index (κ3) is 6.26. The van der Waals surface area contributed by atoms with Crippen molar-refractivity contribution >= 4 is 21.9 Å². The number of benzene rings is 8. The van der Waals surface area contributed by atoms with Crippen molar-refractivity contribution in [1.29, 1.82) is 0 Å². The summed E-state index contributed by atoms with van der Waals surface area (Å²) in [6, 6.07) is 69.4. The minimum atomic E-state index is 0.622. The Morgan fingerprint density at radius 1 is 0.255 bits per heavy atom. The van der Waals surface area contributed by atoms with Crippen LogP contribution in [0.3, 0.4) is 0 Å². The number of rotatable bonds is 7. The van der Waals surface area contributed by atoms with E-state index in [0.29, 0.717) is 17.5 Å². The minimum Gasteiger partial charge on any atom is -0.456 e. The number of para-hydroxylation sites is 1. The molecule has 258 valence electrons. The molecule has 0 spiro atoms. The van der Waals surface area contributed by atoms with Gasteiger partial charge in [-0.2, -0.15) is 0 Å². The summed E-state index contributed by atoms with van der Waals surface area (Å²) in [6.45, 7) is 0. The molecule has 10 aromatic rings. The zero-order valence-corrected chi connectivity index (χ0v) is 29.8. The molecule has 10 rings (SSSR count). The van der Waals surface area contributed by atoms with E-state index in [9.17, 15) is 0 Å². The van der Waals surface area contributed by atoms with Gasteiger partial charge in [0.1, 0.15) is 11.2 Å². The van der Waals surface area contributed by atoms with E-state index in [-0.39, 0.29) is 0 Å². The third-order valence-electron chi connectivity index (χ3n) is 10.2. The zero-order valence-electron chi connectivity index (χ0n) is 29.8. The molecule has 0 atom stereocenters. The van der Waals surface area contributed by atoms with E-state index in [1.54, 1.807) is 0 Å². The highest BCUT2D eigenvalue weighted by atomic mass is 16.3. The van der Waals surface area contributed by atoms with Crippen LogP contribution in [-0.4, -0.2) is 15.0 Å². The van der Waals surface area contributed by atoms with E-state index in [1.807, 2.05) is 30.3 Å². The first-order valence-corrected chi connectivity index (χ1v) is 18.4. The van der Waals surface area contributed by atoms with Crippen LogP contribution in [0.15, 0.2) is 205 Å². The molecule has 2 heterocycles. The van der Waals surface area contributed by atoms with Crippen LogP contribution in [0.5, 0.6) is 0 Å². The van der Waals surface area contributed by atoms with Gasteiger partial charge in [0.15, 0.2) is 17.5 Å². The molecular weight excluding hydrogens is 671 g/mol. The lowest BCUT2D eigenvalue weighted by Crippen LogP contribution is -2.01. The molecular formula is C51H33N3O. The molecule has 2 aromatic heterocycles. The molecule has 0 amide bonds. The van der Waals surface area contributed by atoms with Crippen molar-refractivity contribution in [2.24, 2.45) is 0 Å². The van der Waals surface area contributed by atoms with Crippen molar-refractivity contribution in [3.63, 3.8) is 0 Å². The summed E-state index contributed by atoms with van der Waals surface area (Å²) < 4.78 is 6.05. The van der Waals surface area contributed by atoms with Crippen molar-refractivity contribution in [3.8, 4) is 78.7 Å². The second kappa shape index (κ2) is 13.8. The van der Waals surface area contributed by atoms with E-state index >= 15 is 0 Å². The average molecular weight is 704 g/mol. The lowest BCUT2D eigenvalue weighted by atomic mass is 9.98. The maximum atomic E-state index is 6.05. The van der Waals surface area contributed by atoms with Crippen LogP contribution in [-0.2, 0) is 0 Å². The molecule has 0 unspecified atom stereocenters. The molecule has 0 aliphatic rings. The summed E-state index contributed by atoms with van der Waals surface area (Å²) >= 11 is 0. The highest BCUT2D eigenvalue weighted by Gasteiger charge is 2.16. The standard InChI is InChI=1S/C51H33N3O/c1-3-12-34(13-4-1)40-16-11-17-42(32-40)50-52-49(53-51(54-50)45-20-8-7-18-43(45)38-14-5-2-6-15-38)39-28-26-36(27-29-39)35-22-24-37(25-23-35)41-30-31-48-46(33-41)44-19-9-10-21-47(44)55-48/h1-33H. The van der Waals surface area contributed by atoms with E-state index < -0.39 is 0 Å². The largest absolute Gasteiger partial charge is 0.456 e. The predicted octanol–water partition coefficient (Wildman–Crippen LogP) is 13.4. The van der Waals surface area contributed by atoms with E-state index in [4.69, 9.17) is 19.4 Å². The van der Waals surface area contributed by atoms with E-state index in [0.717, 1.165) is 83.1 Å². The molecule has 0 aliphatic carbocycles. The molecule has 55 heavy (non-hydrogen) atoms. The first kappa shape index (κ1) is 32.2. The van der Waals surface area contributed by atoms with Gasteiger partial charge in [0.05, 0.1) is 0 Å². The highest BCUT2D eigenvalue weighted by molar-refractivity contribution is 6.06. The summed E-state index contributed by atoms with van der Waals surface area (Å²) in [6.07, 6.45) is 0. The first-order valence-electron chi connectivity index (χ1n) is 18.4. The number of aromatic nitrogens is 3. The average Bonchev–Trinajstić information content (AvgIpc) is 3.65.